The summed E-state index contributed by atoms with van der Waals surface area (Å²) in [4.78, 5) is 43.2. The maximum atomic E-state index is 13.8. The molecule has 0 unspecified atom stereocenters. The molecule has 0 aromatic heterocycles. The van der Waals surface area contributed by atoms with Gasteiger partial charge in [-0.2, -0.15) is 0 Å². The number of carbonyl (C=O) groups excluding carboxylic acids is 3. The number of likely N-dealkylation sites (tertiary alicyclic amines) is 1. The molecular formula is C34H43ClN4O5. The Morgan fingerprint density at radius 3 is 2.23 bits per heavy atom. The van der Waals surface area contributed by atoms with Gasteiger partial charge >= 0.3 is 0 Å². The minimum Gasteiger partial charge on any atom is -0.457 e. The lowest BCUT2D eigenvalue weighted by atomic mass is 9.77. The molecule has 2 aromatic carbocycles. The van der Waals surface area contributed by atoms with E-state index in [9.17, 15) is 19.5 Å². The van der Waals surface area contributed by atoms with E-state index in [0.717, 1.165) is 24.8 Å². The lowest BCUT2D eigenvalue weighted by molar-refractivity contribution is -0.163. The summed E-state index contributed by atoms with van der Waals surface area (Å²) in [6.45, 7) is 2.38. The van der Waals surface area contributed by atoms with Crippen LogP contribution in [0.2, 0.25) is 0 Å². The first-order valence-corrected chi connectivity index (χ1v) is 15.3. The Balaban J connectivity index is 0.00000442. The smallest absolute Gasteiger partial charge is 0.251 e. The van der Waals surface area contributed by atoms with Gasteiger partial charge in [0.1, 0.15) is 23.1 Å². The van der Waals surface area contributed by atoms with Crippen molar-refractivity contribution in [1.29, 1.82) is 0 Å². The number of aliphatic hydroxyl groups is 1. The van der Waals surface area contributed by atoms with Crippen molar-refractivity contribution in [3.63, 3.8) is 0 Å². The average molecular weight is 623 g/mol. The monoisotopic (exact) mass is 622 g/mol. The fraction of sp³-hybridized carbons (Fsp3) is 0.500. The molecule has 1 atom stereocenters. The topological polar surface area (TPSA) is 111 Å². The minimum absolute atomic E-state index is 0. The first-order chi connectivity index (χ1) is 20.7. The number of amides is 3. The van der Waals surface area contributed by atoms with Crippen LogP contribution in [0.1, 0.15) is 73.7 Å². The molecule has 0 radical (unpaired) electrons. The standard InChI is InChI=1S/C34H42N4O5.ClH/c1-3-4-20-38-31(40)29(23-33(42)16-6-5-7-17-33)36-32(41)34(38)18-21-37(22-19-34)24-25-8-12-27(13-9-25)43-28-14-10-26(11-15-28)30(39)35-2;/h1,8-15,29,42H,4-7,16-24H2,2H3,(H,35,39)(H,36,41);1H/t29-;/m1./s1. The Morgan fingerprint density at radius 2 is 1.64 bits per heavy atom. The molecule has 5 rings (SSSR count). The number of hydrogen-bond donors (Lipinski definition) is 3. The zero-order valence-electron chi connectivity index (χ0n) is 25.3. The van der Waals surface area contributed by atoms with E-state index >= 15 is 0 Å². The number of halogens is 1. The molecule has 1 saturated carbocycles. The van der Waals surface area contributed by atoms with Crippen molar-refractivity contribution >= 4 is 30.1 Å². The van der Waals surface area contributed by atoms with E-state index < -0.39 is 17.2 Å². The van der Waals surface area contributed by atoms with Gasteiger partial charge in [-0.1, -0.05) is 31.4 Å². The predicted molar refractivity (Wildman–Crippen MR) is 171 cm³/mol. The number of piperidine rings is 1. The molecule has 10 heteroatoms. The Morgan fingerprint density at radius 1 is 1.02 bits per heavy atom. The van der Waals surface area contributed by atoms with Crippen molar-refractivity contribution < 1.29 is 24.2 Å². The first-order valence-electron chi connectivity index (χ1n) is 15.3. The van der Waals surface area contributed by atoms with E-state index in [1.165, 1.54) is 0 Å². The van der Waals surface area contributed by atoms with E-state index in [-0.39, 0.29) is 36.5 Å². The maximum absolute atomic E-state index is 13.8. The molecule has 0 bridgehead atoms. The van der Waals surface area contributed by atoms with E-state index in [4.69, 9.17) is 11.2 Å². The van der Waals surface area contributed by atoms with Gasteiger partial charge in [0.05, 0.1) is 5.60 Å². The van der Waals surface area contributed by atoms with Gasteiger partial charge in [-0.15, -0.1) is 24.8 Å². The molecule has 2 saturated heterocycles. The molecule has 3 aliphatic rings. The highest BCUT2D eigenvalue weighted by atomic mass is 35.5. The van der Waals surface area contributed by atoms with Crippen LogP contribution in [0.4, 0.5) is 0 Å². The van der Waals surface area contributed by atoms with Gasteiger partial charge in [0.15, 0.2) is 0 Å². The summed E-state index contributed by atoms with van der Waals surface area (Å²) in [6.07, 6.45) is 11.6. The fourth-order valence-corrected chi connectivity index (χ4v) is 6.76. The third-order valence-electron chi connectivity index (χ3n) is 9.25. The number of nitrogens with zero attached hydrogens (tertiary/aromatic N) is 2. The van der Waals surface area contributed by atoms with Crippen LogP contribution < -0.4 is 15.4 Å². The summed E-state index contributed by atoms with van der Waals surface area (Å²) in [5, 5.41) is 16.7. The van der Waals surface area contributed by atoms with Gasteiger partial charge in [0.25, 0.3) is 5.91 Å². The first kappa shape index (κ1) is 33.3. The predicted octanol–water partition coefficient (Wildman–Crippen LogP) is 4.03. The van der Waals surface area contributed by atoms with Crippen molar-refractivity contribution in [3.8, 4) is 23.8 Å². The molecule has 3 N–H and O–H groups in total. The van der Waals surface area contributed by atoms with Crippen molar-refractivity contribution in [2.75, 3.05) is 26.7 Å². The summed E-state index contributed by atoms with van der Waals surface area (Å²) in [5.41, 5.74) is -0.135. The van der Waals surface area contributed by atoms with Crippen molar-refractivity contribution in [2.45, 2.75) is 81.5 Å². The molecule has 44 heavy (non-hydrogen) atoms. The van der Waals surface area contributed by atoms with Gasteiger partial charge in [0.2, 0.25) is 11.8 Å². The molecule has 9 nitrogen and oxygen atoms in total. The third-order valence-corrected chi connectivity index (χ3v) is 9.25. The zero-order valence-corrected chi connectivity index (χ0v) is 26.2. The van der Waals surface area contributed by atoms with Crippen molar-refractivity contribution in [3.05, 3.63) is 59.7 Å². The van der Waals surface area contributed by atoms with Crippen molar-refractivity contribution in [2.24, 2.45) is 0 Å². The van der Waals surface area contributed by atoms with Crippen LogP contribution >= 0.6 is 12.4 Å². The molecule has 2 heterocycles. The summed E-state index contributed by atoms with van der Waals surface area (Å²) in [5.74, 6) is 3.58. The number of terminal acetylenes is 1. The van der Waals surface area contributed by atoms with Gasteiger partial charge in [-0.3, -0.25) is 19.3 Å². The lowest BCUT2D eigenvalue weighted by Crippen LogP contribution is -2.73. The Hall–Kier alpha value is -3.58. The largest absolute Gasteiger partial charge is 0.457 e. The lowest BCUT2D eigenvalue weighted by Gasteiger charge is -2.52. The highest BCUT2D eigenvalue weighted by Gasteiger charge is 2.54. The van der Waals surface area contributed by atoms with Crippen LogP contribution in [-0.2, 0) is 16.1 Å². The van der Waals surface area contributed by atoms with Gasteiger partial charge in [-0.05, 0) is 67.6 Å². The third kappa shape index (κ3) is 7.37. The van der Waals surface area contributed by atoms with Crippen LogP contribution in [-0.4, -0.2) is 76.5 Å². The fourth-order valence-electron chi connectivity index (χ4n) is 6.76. The second-order valence-corrected chi connectivity index (χ2v) is 12.1. The van der Waals surface area contributed by atoms with Crippen LogP contribution in [0.15, 0.2) is 48.5 Å². The number of carbonyl (C=O) groups is 3. The second kappa shape index (κ2) is 14.5. The summed E-state index contributed by atoms with van der Waals surface area (Å²) >= 11 is 0. The SMILES string of the molecule is C#CCCN1C(=O)[C@@H](CC2(O)CCCCC2)NC(=O)C12CCN(Cc1ccc(Oc3ccc(C(=O)NC)cc3)cc1)CC2.Cl. The normalized spacial score (nSPS) is 21.1. The summed E-state index contributed by atoms with van der Waals surface area (Å²) in [7, 11) is 1.60. The molecule has 1 aliphatic carbocycles. The molecule has 2 aromatic rings. The number of rotatable bonds is 9. The van der Waals surface area contributed by atoms with Crippen LogP contribution in [0.5, 0.6) is 11.5 Å². The van der Waals surface area contributed by atoms with Crippen LogP contribution in [0, 0.1) is 12.3 Å². The van der Waals surface area contributed by atoms with Crippen LogP contribution in [0.3, 0.4) is 0 Å². The quantitative estimate of drug-likeness (QED) is 0.364. The number of hydrogen-bond acceptors (Lipinski definition) is 6. The Kier molecular flexibility index (Phi) is 11.0. The van der Waals surface area contributed by atoms with Crippen LogP contribution in [0.25, 0.3) is 0 Å². The van der Waals surface area contributed by atoms with Gasteiger partial charge in [-0.25, -0.2) is 0 Å². The van der Waals surface area contributed by atoms with E-state index in [1.54, 1.807) is 36.2 Å². The molecule has 3 amide bonds. The van der Waals surface area contributed by atoms with E-state index in [2.05, 4.69) is 21.5 Å². The minimum atomic E-state index is -0.916. The number of piperazine rings is 1. The molecular weight excluding hydrogens is 580 g/mol. The van der Waals surface area contributed by atoms with E-state index in [0.29, 0.717) is 75.3 Å². The maximum Gasteiger partial charge on any atom is 0.251 e. The Labute approximate surface area is 266 Å². The summed E-state index contributed by atoms with van der Waals surface area (Å²) in [6, 6.07) is 14.1. The molecule has 236 valence electrons. The van der Waals surface area contributed by atoms with Crippen molar-refractivity contribution in [1.82, 2.24) is 20.4 Å². The number of ether oxygens (including phenoxy) is 1. The molecule has 2 aliphatic heterocycles. The van der Waals surface area contributed by atoms with Gasteiger partial charge < -0.3 is 25.4 Å². The Bertz CT molecular complexity index is 1340. The average Bonchev–Trinajstić information content (AvgIpc) is 3.02. The van der Waals surface area contributed by atoms with Gasteiger partial charge in [0, 0.05) is 51.6 Å². The molecule has 1 spiro atoms. The summed E-state index contributed by atoms with van der Waals surface area (Å²) < 4.78 is 5.94. The highest BCUT2D eigenvalue weighted by molar-refractivity contribution is 6.00. The highest BCUT2D eigenvalue weighted by Crippen LogP contribution is 2.37. The number of benzene rings is 2. The van der Waals surface area contributed by atoms with E-state index in [1.807, 2.05) is 24.3 Å². The zero-order chi connectivity index (χ0) is 30.5. The molecule has 3 fully saturated rings. The second-order valence-electron chi connectivity index (χ2n) is 12.1. The number of nitrogens with one attached hydrogen (secondary N) is 2.